The fourth-order valence-corrected chi connectivity index (χ4v) is 2.58. The first-order valence-electron chi connectivity index (χ1n) is 7.11. The molecule has 1 aromatic rings. The van der Waals surface area contributed by atoms with E-state index in [4.69, 9.17) is 10.5 Å². The maximum atomic E-state index is 5.98. The lowest BCUT2D eigenvalue weighted by Gasteiger charge is -2.34. The highest BCUT2D eigenvalue weighted by molar-refractivity contribution is 5.33. The summed E-state index contributed by atoms with van der Waals surface area (Å²) in [5.41, 5.74) is 7.44. The van der Waals surface area contributed by atoms with Crippen molar-refractivity contribution in [2.24, 2.45) is 11.1 Å². The molecule has 3 heteroatoms. The van der Waals surface area contributed by atoms with Crippen LogP contribution in [0.15, 0.2) is 24.3 Å². The number of nitrogens with zero attached hydrogens (tertiary/aromatic N) is 1. The molecule has 0 unspecified atom stereocenters. The van der Waals surface area contributed by atoms with Crippen molar-refractivity contribution >= 4 is 0 Å². The van der Waals surface area contributed by atoms with Crippen LogP contribution in [0.1, 0.15) is 32.3 Å². The number of nitrogens with two attached hydrogens (primary N) is 1. The Morgan fingerprint density at radius 2 is 1.84 bits per heavy atom. The van der Waals surface area contributed by atoms with Gasteiger partial charge in [-0.1, -0.05) is 32.0 Å². The van der Waals surface area contributed by atoms with Crippen molar-refractivity contribution in [2.45, 2.75) is 33.2 Å². The molecule has 2 N–H and O–H groups in total. The van der Waals surface area contributed by atoms with Gasteiger partial charge in [0.25, 0.3) is 0 Å². The van der Waals surface area contributed by atoms with E-state index in [0.717, 1.165) is 38.2 Å². The Kier molecular flexibility index (Phi) is 6.32. The van der Waals surface area contributed by atoms with Crippen molar-refractivity contribution < 1.29 is 4.74 Å². The second kappa shape index (κ2) is 7.51. The van der Waals surface area contributed by atoms with Gasteiger partial charge in [0.05, 0.1) is 7.11 Å². The fraction of sp³-hybridized carbons (Fsp3) is 0.625. The van der Waals surface area contributed by atoms with Gasteiger partial charge in [-0.3, -0.25) is 0 Å². The lowest BCUT2D eigenvalue weighted by atomic mass is 9.82. The van der Waals surface area contributed by atoms with Gasteiger partial charge in [0, 0.05) is 18.7 Å². The minimum atomic E-state index is 0.233. The number of methoxy groups -OCH3 is 1. The molecule has 0 atom stereocenters. The Balaban J connectivity index is 2.71. The van der Waals surface area contributed by atoms with Gasteiger partial charge in [0.1, 0.15) is 5.75 Å². The Labute approximate surface area is 117 Å². The summed E-state index contributed by atoms with van der Waals surface area (Å²) in [5.74, 6) is 0.959. The summed E-state index contributed by atoms with van der Waals surface area (Å²) < 4.78 is 5.40. The van der Waals surface area contributed by atoms with E-state index in [1.165, 1.54) is 5.56 Å². The molecular formula is C16H28N2O. The number of para-hydroxylation sites is 1. The van der Waals surface area contributed by atoms with Crippen molar-refractivity contribution in [1.82, 2.24) is 4.90 Å². The molecule has 0 heterocycles. The van der Waals surface area contributed by atoms with E-state index in [0.29, 0.717) is 0 Å². The van der Waals surface area contributed by atoms with Crippen molar-refractivity contribution in [3.8, 4) is 5.75 Å². The van der Waals surface area contributed by atoms with E-state index in [2.05, 4.69) is 37.9 Å². The molecule has 0 spiro atoms. The molecule has 108 valence electrons. The quantitative estimate of drug-likeness (QED) is 0.784. The van der Waals surface area contributed by atoms with E-state index in [9.17, 15) is 0 Å². The number of ether oxygens (including phenoxy) is 1. The highest BCUT2D eigenvalue weighted by Gasteiger charge is 2.26. The summed E-state index contributed by atoms with van der Waals surface area (Å²) in [5, 5.41) is 0. The van der Waals surface area contributed by atoms with Crippen LogP contribution in [0.3, 0.4) is 0 Å². The summed E-state index contributed by atoms with van der Waals surface area (Å²) in [7, 11) is 3.88. The average molecular weight is 264 g/mol. The molecule has 0 aliphatic heterocycles. The van der Waals surface area contributed by atoms with E-state index in [1.54, 1.807) is 7.11 Å². The third kappa shape index (κ3) is 4.22. The summed E-state index contributed by atoms with van der Waals surface area (Å²) in [6.45, 7) is 7.12. The molecule has 3 nitrogen and oxygen atoms in total. The van der Waals surface area contributed by atoms with Crippen molar-refractivity contribution in [3.05, 3.63) is 29.8 Å². The zero-order valence-corrected chi connectivity index (χ0v) is 12.8. The van der Waals surface area contributed by atoms with E-state index < -0.39 is 0 Å². The Bertz CT molecular complexity index is 367. The van der Waals surface area contributed by atoms with Crippen LogP contribution in [-0.2, 0) is 6.54 Å². The van der Waals surface area contributed by atoms with Gasteiger partial charge in [-0.25, -0.2) is 0 Å². The molecule has 1 rings (SSSR count). The smallest absolute Gasteiger partial charge is 0.123 e. The van der Waals surface area contributed by atoms with Crippen LogP contribution in [0.5, 0.6) is 5.75 Å². The standard InChI is InChI=1S/C16H28N2O/c1-5-16(6-2,12-17)13-18(3)11-14-9-7-8-10-15(14)19-4/h7-10H,5-6,11-13,17H2,1-4H3. The first-order chi connectivity index (χ1) is 9.10. The maximum Gasteiger partial charge on any atom is 0.123 e. The lowest BCUT2D eigenvalue weighted by molar-refractivity contribution is 0.161. The SMILES string of the molecule is CCC(CC)(CN)CN(C)Cc1ccccc1OC. The first-order valence-corrected chi connectivity index (χ1v) is 7.11. The van der Waals surface area contributed by atoms with Gasteiger partial charge < -0.3 is 15.4 Å². The maximum absolute atomic E-state index is 5.98. The van der Waals surface area contributed by atoms with Gasteiger partial charge in [0.2, 0.25) is 0 Å². The fourth-order valence-electron chi connectivity index (χ4n) is 2.58. The van der Waals surface area contributed by atoms with Crippen LogP contribution in [0.4, 0.5) is 0 Å². The van der Waals surface area contributed by atoms with Crippen LogP contribution in [0, 0.1) is 5.41 Å². The zero-order chi connectivity index (χ0) is 14.3. The zero-order valence-electron chi connectivity index (χ0n) is 12.8. The lowest BCUT2D eigenvalue weighted by Crippen LogP contribution is -2.40. The molecule has 19 heavy (non-hydrogen) atoms. The molecule has 1 aromatic carbocycles. The predicted molar refractivity (Wildman–Crippen MR) is 81.4 cm³/mol. The van der Waals surface area contributed by atoms with Crippen molar-refractivity contribution in [2.75, 3.05) is 27.2 Å². The molecule has 0 saturated carbocycles. The van der Waals surface area contributed by atoms with Crippen molar-refractivity contribution in [3.63, 3.8) is 0 Å². The van der Waals surface area contributed by atoms with E-state index in [1.807, 2.05) is 12.1 Å². The van der Waals surface area contributed by atoms with Gasteiger partial charge in [0.15, 0.2) is 0 Å². The molecular weight excluding hydrogens is 236 g/mol. The van der Waals surface area contributed by atoms with Crippen LogP contribution in [-0.4, -0.2) is 32.1 Å². The molecule has 0 aliphatic carbocycles. The molecule has 0 aromatic heterocycles. The molecule has 0 radical (unpaired) electrons. The van der Waals surface area contributed by atoms with Crippen molar-refractivity contribution in [1.29, 1.82) is 0 Å². The second-order valence-corrected chi connectivity index (χ2v) is 5.40. The number of rotatable bonds is 8. The predicted octanol–water partition coefficient (Wildman–Crippen LogP) is 2.89. The Hall–Kier alpha value is -1.06. The first kappa shape index (κ1) is 16.0. The topological polar surface area (TPSA) is 38.5 Å². The second-order valence-electron chi connectivity index (χ2n) is 5.40. The van der Waals surface area contributed by atoms with Gasteiger partial charge >= 0.3 is 0 Å². The third-order valence-corrected chi connectivity index (χ3v) is 4.17. The Morgan fingerprint density at radius 3 is 2.37 bits per heavy atom. The largest absolute Gasteiger partial charge is 0.496 e. The number of hydrogen-bond donors (Lipinski definition) is 1. The van der Waals surface area contributed by atoms with Crippen LogP contribution < -0.4 is 10.5 Å². The molecule has 0 saturated heterocycles. The summed E-state index contributed by atoms with van der Waals surface area (Å²) in [6.07, 6.45) is 2.24. The normalized spacial score (nSPS) is 11.9. The van der Waals surface area contributed by atoms with Crippen LogP contribution in [0.2, 0.25) is 0 Å². The summed E-state index contributed by atoms with van der Waals surface area (Å²) in [4.78, 5) is 2.34. The molecule has 0 amide bonds. The highest BCUT2D eigenvalue weighted by Crippen LogP contribution is 2.27. The molecule has 0 fully saturated rings. The number of hydrogen-bond acceptors (Lipinski definition) is 3. The minimum Gasteiger partial charge on any atom is -0.496 e. The van der Waals surface area contributed by atoms with Crippen LogP contribution >= 0.6 is 0 Å². The third-order valence-electron chi connectivity index (χ3n) is 4.17. The minimum absolute atomic E-state index is 0.233. The van der Waals surface area contributed by atoms with Gasteiger partial charge in [-0.15, -0.1) is 0 Å². The Morgan fingerprint density at radius 1 is 1.21 bits per heavy atom. The highest BCUT2D eigenvalue weighted by atomic mass is 16.5. The average Bonchev–Trinajstić information content (AvgIpc) is 2.45. The van der Waals surface area contributed by atoms with E-state index in [-0.39, 0.29) is 5.41 Å². The molecule has 0 aliphatic rings. The monoisotopic (exact) mass is 264 g/mol. The van der Waals surface area contributed by atoms with Gasteiger partial charge in [-0.2, -0.15) is 0 Å². The summed E-state index contributed by atoms with van der Waals surface area (Å²) in [6, 6.07) is 8.20. The number of benzene rings is 1. The summed E-state index contributed by atoms with van der Waals surface area (Å²) >= 11 is 0. The van der Waals surface area contributed by atoms with E-state index >= 15 is 0 Å². The van der Waals surface area contributed by atoms with Crippen LogP contribution in [0.25, 0.3) is 0 Å². The van der Waals surface area contributed by atoms with Gasteiger partial charge in [-0.05, 0) is 37.9 Å². The molecule has 0 bridgehead atoms.